The lowest BCUT2D eigenvalue weighted by Gasteiger charge is -2.27. The minimum Gasteiger partial charge on any atom is -0.493 e. The van der Waals surface area contributed by atoms with Gasteiger partial charge in [0.25, 0.3) is 0 Å². The summed E-state index contributed by atoms with van der Waals surface area (Å²) in [5, 5.41) is 12.3. The molecule has 0 radical (unpaired) electrons. The number of hydrogen-bond donors (Lipinski definition) is 1. The Morgan fingerprint density at radius 1 is 1.20 bits per heavy atom. The number of hydrogen-bond acceptors (Lipinski definition) is 3. The SMILES string of the molecule is N#Cc1ccc(NC2CCOc3ccc(Br)cc32)cc1. The number of fused-ring (bicyclic) bond motifs is 1. The topological polar surface area (TPSA) is 45.0 Å². The molecule has 2 aromatic carbocycles. The maximum absolute atomic E-state index is 8.82. The average molecular weight is 329 g/mol. The summed E-state index contributed by atoms with van der Waals surface area (Å²) in [6, 6.07) is 15.9. The van der Waals surface area contributed by atoms with Crippen molar-refractivity contribution in [2.24, 2.45) is 0 Å². The molecule has 0 saturated carbocycles. The number of nitrogens with zero attached hydrogens (tertiary/aromatic N) is 1. The molecule has 1 heterocycles. The minimum atomic E-state index is 0.226. The van der Waals surface area contributed by atoms with Crippen LogP contribution in [0.4, 0.5) is 5.69 Å². The molecule has 0 amide bonds. The number of halogens is 1. The van der Waals surface area contributed by atoms with Crippen molar-refractivity contribution in [1.82, 2.24) is 0 Å². The van der Waals surface area contributed by atoms with Gasteiger partial charge in [-0.2, -0.15) is 5.26 Å². The van der Waals surface area contributed by atoms with Crippen molar-refractivity contribution in [3.8, 4) is 11.8 Å². The first-order chi connectivity index (χ1) is 9.76. The van der Waals surface area contributed by atoms with E-state index < -0.39 is 0 Å². The van der Waals surface area contributed by atoms with Gasteiger partial charge in [-0.3, -0.25) is 0 Å². The van der Waals surface area contributed by atoms with Gasteiger partial charge in [-0.1, -0.05) is 15.9 Å². The second-order valence-corrected chi connectivity index (χ2v) is 5.62. The van der Waals surface area contributed by atoms with Crippen LogP contribution in [0.3, 0.4) is 0 Å². The van der Waals surface area contributed by atoms with Gasteiger partial charge < -0.3 is 10.1 Å². The van der Waals surface area contributed by atoms with Crippen molar-refractivity contribution >= 4 is 21.6 Å². The number of ether oxygens (including phenoxy) is 1. The summed E-state index contributed by atoms with van der Waals surface area (Å²) in [5.74, 6) is 0.936. The molecule has 0 spiro atoms. The van der Waals surface area contributed by atoms with Crippen LogP contribution in [-0.2, 0) is 0 Å². The quantitative estimate of drug-likeness (QED) is 0.895. The Morgan fingerprint density at radius 2 is 2.00 bits per heavy atom. The van der Waals surface area contributed by atoms with Crippen LogP contribution in [0, 0.1) is 11.3 Å². The molecule has 1 aliphatic heterocycles. The molecule has 3 rings (SSSR count). The fraction of sp³-hybridized carbons (Fsp3) is 0.188. The number of anilines is 1. The van der Waals surface area contributed by atoms with Crippen molar-refractivity contribution in [3.05, 3.63) is 58.1 Å². The monoisotopic (exact) mass is 328 g/mol. The molecule has 0 aromatic heterocycles. The summed E-state index contributed by atoms with van der Waals surface area (Å²) >= 11 is 3.50. The highest BCUT2D eigenvalue weighted by Crippen LogP contribution is 2.36. The van der Waals surface area contributed by atoms with Crippen LogP contribution in [0.5, 0.6) is 5.75 Å². The Bertz CT molecular complexity index is 661. The number of nitrogens with one attached hydrogen (secondary N) is 1. The van der Waals surface area contributed by atoms with Gasteiger partial charge in [0, 0.05) is 22.1 Å². The van der Waals surface area contributed by atoms with Crippen LogP contribution in [0.25, 0.3) is 0 Å². The summed E-state index contributed by atoms with van der Waals surface area (Å²) in [6.45, 7) is 0.711. The Balaban J connectivity index is 1.85. The fourth-order valence-electron chi connectivity index (χ4n) is 2.36. The summed E-state index contributed by atoms with van der Waals surface area (Å²) in [5.41, 5.74) is 2.85. The Kier molecular flexibility index (Phi) is 3.62. The van der Waals surface area contributed by atoms with Crippen molar-refractivity contribution in [1.29, 1.82) is 5.26 Å². The zero-order valence-corrected chi connectivity index (χ0v) is 12.4. The van der Waals surface area contributed by atoms with Crippen LogP contribution in [0.2, 0.25) is 0 Å². The highest BCUT2D eigenvalue weighted by Gasteiger charge is 2.21. The molecule has 0 saturated heterocycles. The predicted molar refractivity (Wildman–Crippen MR) is 81.8 cm³/mol. The predicted octanol–water partition coefficient (Wildman–Crippen LogP) is 4.26. The highest BCUT2D eigenvalue weighted by atomic mass is 79.9. The van der Waals surface area contributed by atoms with Crippen molar-refractivity contribution < 1.29 is 4.74 Å². The van der Waals surface area contributed by atoms with Crippen molar-refractivity contribution in [3.63, 3.8) is 0 Å². The van der Waals surface area contributed by atoms with Crippen LogP contribution < -0.4 is 10.1 Å². The molecule has 1 atom stereocenters. The van der Waals surface area contributed by atoms with E-state index in [-0.39, 0.29) is 6.04 Å². The molecule has 4 heteroatoms. The molecular formula is C16H13BrN2O. The van der Waals surface area contributed by atoms with Gasteiger partial charge in [0.05, 0.1) is 24.3 Å². The Labute approximate surface area is 126 Å². The first-order valence-electron chi connectivity index (χ1n) is 6.45. The van der Waals surface area contributed by atoms with E-state index in [1.807, 2.05) is 36.4 Å². The number of rotatable bonds is 2. The zero-order valence-electron chi connectivity index (χ0n) is 10.8. The Hall–Kier alpha value is -1.99. The van der Waals surface area contributed by atoms with Gasteiger partial charge in [-0.05, 0) is 42.5 Å². The van der Waals surface area contributed by atoms with Gasteiger partial charge >= 0.3 is 0 Å². The molecule has 1 aliphatic rings. The first kappa shape index (κ1) is 13.0. The lowest BCUT2D eigenvalue weighted by molar-refractivity contribution is 0.274. The van der Waals surface area contributed by atoms with E-state index in [0.717, 1.165) is 27.9 Å². The lowest BCUT2D eigenvalue weighted by atomic mass is 10.00. The second-order valence-electron chi connectivity index (χ2n) is 4.71. The minimum absolute atomic E-state index is 0.226. The van der Waals surface area contributed by atoms with Crippen LogP contribution in [0.1, 0.15) is 23.6 Å². The van der Waals surface area contributed by atoms with E-state index >= 15 is 0 Å². The van der Waals surface area contributed by atoms with Crippen molar-refractivity contribution in [2.75, 3.05) is 11.9 Å². The van der Waals surface area contributed by atoms with Gasteiger partial charge in [-0.25, -0.2) is 0 Å². The van der Waals surface area contributed by atoms with E-state index in [1.165, 1.54) is 0 Å². The molecule has 3 nitrogen and oxygen atoms in total. The number of benzene rings is 2. The molecular weight excluding hydrogens is 316 g/mol. The van der Waals surface area contributed by atoms with Crippen LogP contribution >= 0.6 is 15.9 Å². The maximum atomic E-state index is 8.82. The second kappa shape index (κ2) is 5.56. The third-order valence-electron chi connectivity index (χ3n) is 3.37. The molecule has 0 aliphatic carbocycles. The molecule has 20 heavy (non-hydrogen) atoms. The largest absolute Gasteiger partial charge is 0.493 e. The summed E-state index contributed by atoms with van der Waals surface area (Å²) in [6.07, 6.45) is 0.920. The van der Waals surface area contributed by atoms with Crippen molar-refractivity contribution in [2.45, 2.75) is 12.5 Å². The van der Waals surface area contributed by atoms with Crippen LogP contribution in [-0.4, -0.2) is 6.61 Å². The summed E-state index contributed by atoms with van der Waals surface area (Å²) < 4.78 is 6.73. The number of nitriles is 1. The molecule has 100 valence electrons. The highest BCUT2D eigenvalue weighted by molar-refractivity contribution is 9.10. The maximum Gasteiger partial charge on any atom is 0.124 e. The van der Waals surface area contributed by atoms with Gasteiger partial charge in [0.15, 0.2) is 0 Å². The summed E-state index contributed by atoms with van der Waals surface area (Å²) in [7, 11) is 0. The van der Waals surface area contributed by atoms with E-state index in [2.05, 4.69) is 33.4 Å². The molecule has 2 aromatic rings. The molecule has 0 bridgehead atoms. The molecule has 1 N–H and O–H groups in total. The van der Waals surface area contributed by atoms with Gasteiger partial charge in [0.1, 0.15) is 5.75 Å². The third kappa shape index (κ3) is 2.63. The van der Waals surface area contributed by atoms with Gasteiger partial charge in [0.2, 0.25) is 0 Å². The standard InChI is InChI=1S/C16H13BrN2O/c17-12-3-6-16-14(9-12)15(7-8-20-16)19-13-4-1-11(10-18)2-5-13/h1-6,9,15,19H,7-8H2. The normalized spacial score (nSPS) is 16.7. The Morgan fingerprint density at radius 3 is 2.75 bits per heavy atom. The zero-order chi connectivity index (χ0) is 13.9. The van der Waals surface area contributed by atoms with Crippen LogP contribution in [0.15, 0.2) is 46.9 Å². The van der Waals surface area contributed by atoms with E-state index in [0.29, 0.717) is 12.2 Å². The van der Waals surface area contributed by atoms with Gasteiger partial charge in [-0.15, -0.1) is 0 Å². The molecule has 1 unspecified atom stereocenters. The first-order valence-corrected chi connectivity index (χ1v) is 7.24. The van der Waals surface area contributed by atoms with E-state index in [9.17, 15) is 0 Å². The fourth-order valence-corrected chi connectivity index (χ4v) is 2.74. The average Bonchev–Trinajstić information content (AvgIpc) is 2.49. The summed E-state index contributed by atoms with van der Waals surface area (Å²) in [4.78, 5) is 0. The smallest absolute Gasteiger partial charge is 0.124 e. The van der Waals surface area contributed by atoms with E-state index in [1.54, 1.807) is 0 Å². The third-order valence-corrected chi connectivity index (χ3v) is 3.86. The van der Waals surface area contributed by atoms with E-state index in [4.69, 9.17) is 10.00 Å². The molecule has 0 fully saturated rings. The lowest BCUT2D eigenvalue weighted by Crippen LogP contribution is -2.20.